The van der Waals surface area contributed by atoms with Gasteiger partial charge in [-0.15, -0.1) is 0 Å². The van der Waals surface area contributed by atoms with Crippen LogP contribution in [0, 0.1) is 5.82 Å². The third-order valence-corrected chi connectivity index (χ3v) is 6.37. The Kier molecular flexibility index (Phi) is 8.77. The Labute approximate surface area is 218 Å². The van der Waals surface area contributed by atoms with Crippen LogP contribution < -0.4 is 19.3 Å². The quantitative estimate of drug-likeness (QED) is 0.331. The molecule has 1 aliphatic heterocycles. The highest BCUT2D eigenvalue weighted by Crippen LogP contribution is 2.52. The van der Waals surface area contributed by atoms with Gasteiger partial charge in [0.15, 0.2) is 11.5 Å². The molecule has 0 amide bonds. The molecule has 0 spiro atoms. The first-order chi connectivity index (χ1) is 18.2. The SMILES string of the molecule is COCCOCCOc1ccc2c(c1OC(F)F)-c1ccc(CS(N)(=O)=O)cc1C(c1cccc(F)c1)O2. The topological polar surface area (TPSA) is 106 Å². The number of halogens is 3. The first-order valence-electron chi connectivity index (χ1n) is 11.5. The van der Waals surface area contributed by atoms with Crippen molar-refractivity contribution < 1.29 is 45.3 Å². The molecular formula is C26H26F3NO7S. The van der Waals surface area contributed by atoms with E-state index in [1.807, 2.05) is 0 Å². The van der Waals surface area contributed by atoms with Crippen LogP contribution in [0.3, 0.4) is 0 Å². The largest absolute Gasteiger partial charge is 0.487 e. The molecule has 0 bridgehead atoms. The summed E-state index contributed by atoms with van der Waals surface area (Å²) in [7, 11) is -2.33. The molecular weight excluding hydrogens is 527 g/mol. The lowest BCUT2D eigenvalue weighted by atomic mass is 9.88. The van der Waals surface area contributed by atoms with Crippen LogP contribution >= 0.6 is 0 Å². The van der Waals surface area contributed by atoms with Crippen molar-refractivity contribution in [3.63, 3.8) is 0 Å². The second-order valence-corrected chi connectivity index (χ2v) is 9.99. The van der Waals surface area contributed by atoms with Crippen molar-refractivity contribution in [2.24, 2.45) is 5.14 Å². The minimum Gasteiger partial charge on any atom is -0.487 e. The number of hydrogen-bond acceptors (Lipinski definition) is 7. The summed E-state index contributed by atoms with van der Waals surface area (Å²) in [6.45, 7) is -2.21. The molecule has 38 heavy (non-hydrogen) atoms. The molecule has 2 N–H and O–H groups in total. The zero-order chi connectivity index (χ0) is 27.3. The Morgan fingerprint density at radius 1 is 1.03 bits per heavy atom. The number of alkyl halides is 2. The van der Waals surface area contributed by atoms with Crippen molar-refractivity contribution in [1.29, 1.82) is 0 Å². The second-order valence-electron chi connectivity index (χ2n) is 8.38. The summed E-state index contributed by atoms with van der Waals surface area (Å²) in [6.07, 6.45) is -0.867. The van der Waals surface area contributed by atoms with E-state index in [0.29, 0.717) is 35.5 Å². The molecule has 0 aliphatic carbocycles. The van der Waals surface area contributed by atoms with Gasteiger partial charge in [0.25, 0.3) is 0 Å². The lowest BCUT2D eigenvalue weighted by Gasteiger charge is -2.31. The molecule has 0 saturated heterocycles. The molecule has 4 rings (SSSR count). The molecule has 1 unspecified atom stereocenters. The van der Waals surface area contributed by atoms with E-state index in [4.69, 9.17) is 28.8 Å². The van der Waals surface area contributed by atoms with Gasteiger partial charge in [0.1, 0.15) is 24.3 Å². The number of sulfonamides is 1. The van der Waals surface area contributed by atoms with Gasteiger partial charge in [-0.2, -0.15) is 8.78 Å². The van der Waals surface area contributed by atoms with Crippen molar-refractivity contribution in [2.45, 2.75) is 18.5 Å². The normalized spacial score (nSPS) is 14.5. The smallest absolute Gasteiger partial charge is 0.387 e. The number of fused-ring (bicyclic) bond motifs is 3. The fourth-order valence-electron chi connectivity index (χ4n) is 4.16. The van der Waals surface area contributed by atoms with E-state index in [2.05, 4.69) is 0 Å². The number of hydrogen-bond donors (Lipinski definition) is 1. The fraction of sp³-hybridized carbons (Fsp3) is 0.308. The molecule has 3 aromatic carbocycles. The molecule has 1 aliphatic rings. The fourth-order valence-corrected chi connectivity index (χ4v) is 4.80. The summed E-state index contributed by atoms with van der Waals surface area (Å²) in [4.78, 5) is 0. The first kappa shape index (κ1) is 27.7. The highest BCUT2D eigenvalue weighted by molar-refractivity contribution is 7.88. The maximum atomic E-state index is 14.1. The van der Waals surface area contributed by atoms with E-state index in [1.54, 1.807) is 24.3 Å². The van der Waals surface area contributed by atoms with Crippen LogP contribution in [-0.2, 0) is 25.2 Å². The van der Waals surface area contributed by atoms with Gasteiger partial charge in [-0.25, -0.2) is 17.9 Å². The van der Waals surface area contributed by atoms with Crippen molar-refractivity contribution in [2.75, 3.05) is 33.5 Å². The van der Waals surface area contributed by atoms with Gasteiger partial charge < -0.3 is 23.7 Å². The average molecular weight is 554 g/mol. The van der Waals surface area contributed by atoms with E-state index < -0.39 is 34.3 Å². The maximum Gasteiger partial charge on any atom is 0.387 e. The van der Waals surface area contributed by atoms with Gasteiger partial charge in [0.2, 0.25) is 10.0 Å². The van der Waals surface area contributed by atoms with Gasteiger partial charge in [-0.05, 0) is 41.0 Å². The standard InChI is InChI=1S/C26H26F3NO7S/c1-33-9-10-34-11-12-35-22-8-7-21-23(25(22)37-26(28)29)19-6-5-16(15-38(30,31)32)13-20(19)24(36-21)17-3-2-4-18(27)14-17/h2-8,13-14,24,26H,9-12,15H2,1H3,(H2,30,31,32). The highest BCUT2D eigenvalue weighted by atomic mass is 32.2. The van der Waals surface area contributed by atoms with Gasteiger partial charge in [0, 0.05) is 12.7 Å². The molecule has 0 radical (unpaired) electrons. The molecule has 0 aromatic heterocycles. The minimum absolute atomic E-state index is 0.0340. The van der Waals surface area contributed by atoms with Gasteiger partial charge in [-0.3, -0.25) is 0 Å². The number of primary sulfonamides is 1. The van der Waals surface area contributed by atoms with Gasteiger partial charge in [-0.1, -0.05) is 30.3 Å². The summed E-state index contributed by atoms with van der Waals surface area (Å²) >= 11 is 0. The van der Waals surface area contributed by atoms with Crippen molar-refractivity contribution in [3.05, 3.63) is 77.1 Å². The zero-order valence-electron chi connectivity index (χ0n) is 20.4. The Hall–Kier alpha value is -3.32. The summed E-state index contributed by atoms with van der Waals surface area (Å²) < 4.78 is 91.6. The molecule has 3 aromatic rings. The molecule has 1 atom stereocenters. The van der Waals surface area contributed by atoms with Crippen LogP contribution in [0.5, 0.6) is 17.2 Å². The Morgan fingerprint density at radius 3 is 2.53 bits per heavy atom. The second kappa shape index (κ2) is 12.0. The van der Waals surface area contributed by atoms with Crippen molar-refractivity contribution >= 4 is 10.0 Å². The number of benzene rings is 3. The molecule has 8 nitrogen and oxygen atoms in total. The van der Waals surface area contributed by atoms with Crippen LogP contribution in [-0.4, -0.2) is 48.6 Å². The average Bonchev–Trinajstić information content (AvgIpc) is 2.85. The Bertz CT molecular complexity index is 1390. The van der Waals surface area contributed by atoms with Crippen molar-refractivity contribution in [1.82, 2.24) is 0 Å². The van der Waals surface area contributed by atoms with Crippen LogP contribution in [0.25, 0.3) is 11.1 Å². The molecule has 204 valence electrons. The van der Waals surface area contributed by atoms with E-state index in [9.17, 15) is 21.6 Å². The van der Waals surface area contributed by atoms with Crippen LogP contribution in [0.2, 0.25) is 0 Å². The Morgan fingerprint density at radius 2 is 1.82 bits per heavy atom. The number of nitrogens with two attached hydrogens (primary N) is 1. The number of ether oxygens (including phenoxy) is 5. The van der Waals surface area contributed by atoms with Crippen LogP contribution in [0.4, 0.5) is 13.2 Å². The lowest BCUT2D eigenvalue weighted by Crippen LogP contribution is -2.19. The molecule has 0 fully saturated rings. The summed E-state index contributed by atoms with van der Waals surface area (Å²) in [6, 6.07) is 13.3. The predicted molar refractivity (Wildman–Crippen MR) is 132 cm³/mol. The summed E-state index contributed by atoms with van der Waals surface area (Å²) in [5.41, 5.74) is 1.82. The van der Waals surface area contributed by atoms with E-state index in [-0.39, 0.29) is 36.0 Å². The summed E-state index contributed by atoms with van der Waals surface area (Å²) in [5, 5.41) is 5.22. The number of methoxy groups -OCH3 is 1. The van der Waals surface area contributed by atoms with Gasteiger partial charge in [0.05, 0.1) is 31.1 Å². The third-order valence-electron chi connectivity index (χ3n) is 5.64. The van der Waals surface area contributed by atoms with Crippen LogP contribution in [0.1, 0.15) is 22.8 Å². The van der Waals surface area contributed by atoms with E-state index >= 15 is 0 Å². The molecule has 12 heteroatoms. The van der Waals surface area contributed by atoms with Crippen LogP contribution in [0.15, 0.2) is 54.6 Å². The van der Waals surface area contributed by atoms with E-state index in [0.717, 1.165) is 0 Å². The molecule has 1 heterocycles. The number of rotatable bonds is 12. The Balaban J connectivity index is 1.79. The predicted octanol–water partition coefficient (Wildman–Crippen LogP) is 4.41. The zero-order valence-corrected chi connectivity index (χ0v) is 21.2. The lowest BCUT2D eigenvalue weighted by molar-refractivity contribution is -0.0515. The third kappa shape index (κ3) is 6.76. The maximum absolute atomic E-state index is 14.1. The van der Waals surface area contributed by atoms with E-state index in [1.165, 1.54) is 37.4 Å². The molecule has 0 saturated carbocycles. The van der Waals surface area contributed by atoms with Crippen molar-refractivity contribution in [3.8, 4) is 28.4 Å². The first-order valence-corrected chi connectivity index (χ1v) is 13.2. The summed E-state index contributed by atoms with van der Waals surface area (Å²) in [5.74, 6) is -0.989. The van der Waals surface area contributed by atoms with Gasteiger partial charge >= 0.3 is 6.61 Å². The highest BCUT2D eigenvalue weighted by Gasteiger charge is 2.33. The minimum atomic E-state index is -3.87. The monoisotopic (exact) mass is 553 g/mol.